The molecule has 4 aromatic carbocycles. The summed E-state index contributed by atoms with van der Waals surface area (Å²) in [6.45, 7) is 5.62. The minimum atomic E-state index is -0.322. The Kier molecular flexibility index (Phi) is 13.3. The predicted octanol–water partition coefficient (Wildman–Crippen LogP) is 8.44. The van der Waals surface area contributed by atoms with Crippen molar-refractivity contribution in [1.29, 1.82) is 0 Å². The number of nitrogens with zero attached hydrogens (tertiary/aromatic N) is 10. The van der Waals surface area contributed by atoms with Gasteiger partial charge in [0.2, 0.25) is 0 Å². The molecule has 0 saturated carbocycles. The van der Waals surface area contributed by atoms with Crippen molar-refractivity contribution in [3.05, 3.63) is 151 Å². The maximum atomic E-state index is 13.4. The Labute approximate surface area is 338 Å². The number of para-hydroxylation sites is 1. The maximum Gasteiger partial charge on any atom is 0.322 e. The van der Waals surface area contributed by atoms with E-state index in [0.29, 0.717) is 65.3 Å². The van der Waals surface area contributed by atoms with Crippen molar-refractivity contribution in [3.63, 3.8) is 0 Å². The molecule has 0 saturated heterocycles. The highest BCUT2D eigenvalue weighted by molar-refractivity contribution is 5.77. The number of rotatable bonds is 15. The van der Waals surface area contributed by atoms with Crippen molar-refractivity contribution in [2.24, 2.45) is 0 Å². The van der Waals surface area contributed by atoms with E-state index < -0.39 is 0 Å². The number of benzene rings is 4. The number of hydrogen-bond acceptors (Lipinski definition) is 12. The fourth-order valence-electron chi connectivity index (χ4n) is 5.65. The lowest BCUT2D eigenvalue weighted by Gasteiger charge is -2.09. The third kappa shape index (κ3) is 10.4. The summed E-state index contributed by atoms with van der Waals surface area (Å²) >= 11 is 0. The Balaban J connectivity index is 0.000000179. The Bertz CT molecular complexity index is 2540. The third-order valence-electron chi connectivity index (χ3n) is 8.46. The van der Waals surface area contributed by atoms with Crippen LogP contribution in [0, 0.1) is 11.6 Å². The first-order valence-electron chi connectivity index (χ1n) is 18.6. The number of hydrogen-bond donors (Lipinski definition) is 0. The van der Waals surface area contributed by atoms with Crippen molar-refractivity contribution in [2.75, 3.05) is 13.2 Å². The van der Waals surface area contributed by atoms with Crippen molar-refractivity contribution < 1.29 is 27.7 Å². The molecule has 0 fully saturated rings. The van der Waals surface area contributed by atoms with Crippen LogP contribution in [-0.2, 0) is 29.5 Å². The van der Waals surface area contributed by atoms with Gasteiger partial charge in [-0.25, -0.2) is 28.1 Å². The van der Waals surface area contributed by atoms with Gasteiger partial charge in [0, 0.05) is 36.7 Å². The van der Waals surface area contributed by atoms with E-state index >= 15 is 0 Å². The standard InChI is InChI=1S/C22H20FN5O2.C21H18FN5O2/c1-2-29-15-28-21(20(26-27-28)17-8-10-18(23)11-9-17)19-12-13-24-22(25-19)30-14-16-6-4-3-5-7-16;1-2-28-14-27-20(19(25-26-27)15-8-10-16(22)11-9-15)18-12-13-23-21(24-18)29-17-6-4-3-5-7-17/h3-13H,2,14-15H2,1H3;3-13H,2,14H2,1H3. The molecule has 4 heterocycles. The number of ether oxygens (including phenoxy) is 4. The summed E-state index contributed by atoms with van der Waals surface area (Å²) in [6.07, 6.45) is 3.22. The lowest BCUT2D eigenvalue weighted by Crippen LogP contribution is -2.07. The zero-order valence-corrected chi connectivity index (χ0v) is 32.1. The average molecular weight is 797 g/mol. The van der Waals surface area contributed by atoms with E-state index in [2.05, 4.69) is 40.6 Å². The molecular formula is C43H38F2N10O4. The highest BCUT2D eigenvalue weighted by Crippen LogP contribution is 2.32. The molecule has 0 aliphatic heterocycles. The SMILES string of the molecule is CCOCn1nnc(-c2ccc(F)cc2)c1-c1ccnc(OCc2ccccc2)n1.CCOCn1nnc(-c2ccc(F)cc2)c1-c1ccnc(Oc2ccccc2)n1. The van der Waals surface area contributed by atoms with E-state index in [-0.39, 0.29) is 37.1 Å². The summed E-state index contributed by atoms with van der Waals surface area (Å²) in [5.74, 6) is -0.0115. The van der Waals surface area contributed by atoms with Crippen LogP contribution in [0.1, 0.15) is 19.4 Å². The van der Waals surface area contributed by atoms with Gasteiger partial charge < -0.3 is 18.9 Å². The largest absolute Gasteiger partial charge is 0.459 e. The van der Waals surface area contributed by atoms with Crippen molar-refractivity contribution >= 4 is 0 Å². The summed E-state index contributed by atoms with van der Waals surface area (Å²) < 4.78 is 52.5. The normalized spacial score (nSPS) is 10.8. The van der Waals surface area contributed by atoms with Gasteiger partial charge in [-0.2, -0.15) is 9.97 Å². The Morgan fingerprint density at radius 3 is 1.53 bits per heavy atom. The molecule has 0 spiro atoms. The van der Waals surface area contributed by atoms with E-state index in [1.165, 1.54) is 24.3 Å². The summed E-state index contributed by atoms with van der Waals surface area (Å²) in [6, 6.07) is 35.1. The molecule has 0 unspecified atom stereocenters. The van der Waals surface area contributed by atoms with Gasteiger partial charge >= 0.3 is 12.0 Å². The number of halogens is 2. The smallest absolute Gasteiger partial charge is 0.322 e. The van der Waals surface area contributed by atoms with Crippen LogP contribution in [0.15, 0.2) is 134 Å². The first kappa shape index (κ1) is 39.9. The van der Waals surface area contributed by atoms with E-state index in [0.717, 1.165) is 11.1 Å². The van der Waals surface area contributed by atoms with Crippen molar-refractivity contribution in [2.45, 2.75) is 33.9 Å². The fourth-order valence-corrected chi connectivity index (χ4v) is 5.65. The van der Waals surface area contributed by atoms with Crippen molar-refractivity contribution in [3.8, 4) is 63.1 Å². The molecule has 0 aliphatic rings. The van der Waals surface area contributed by atoms with Crippen LogP contribution in [0.4, 0.5) is 8.78 Å². The minimum Gasteiger partial charge on any atom is -0.459 e. The van der Waals surface area contributed by atoms with E-state index in [1.54, 1.807) is 58.2 Å². The minimum absolute atomic E-state index is 0.197. The molecule has 0 N–H and O–H groups in total. The quantitative estimate of drug-likeness (QED) is 0.0980. The zero-order chi connectivity index (χ0) is 40.8. The predicted molar refractivity (Wildman–Crippen MR) is 213 cm³/mol. The molecule has 8 rings (SSSR count). The Hall–Kier alpha value is -7.30. The van der Waals surface area contributed by atoms with Crippen LogP contribution in [0.2, 0.25) is 0 Å². The highest BCUT2D eigenvalue weighted by atomic mass is 19.1. The van der Waals surface area contributed by atoms with Gasteiger partial charge in [-0.15, -0.1) is 10.2 Å². The van der Waals surface area contributed by atoms with Crippen LogP contribution >= 0.6 is 0 Å². The number of aromatic nitrogens is 10. The van der Waals surface area contributed by atoms with Gasteiger partial charge in [-0.1, -0.05) is 59.0 Å². The van der Waals surface area contributed by atoms with Gasteiger partial charge in [0.15, 0.2) is 0 Å². The summed E-state index contributed by atoms with van der Waals surface area (Å²) in [5.41, 5.74) is 6.00. The zero-order valence-electron chi connectivity index (χ0n) is 32.1. The summed E-state index contributed by atoms with van der Waals surface area (Å²) in [5, 5.41) is 16.9. The molecule has 14 nitrogen and oxygen atoms in total. The van der Waals surface area contributed by atoms with Crippen molar-refractivity contribution in [1.82, 2.24) is 49.9 Å². The van der Waals surface area contributed by atoms with Gasteiger partial charge in [0.1, 0.15) is 60.2 Å². The molecular weight excluding hydrogens is 759 g/mol. The third-order valence-corrected chi connectivity index (χ3v) is 8.46. The second kappa shape index (κ2) is 19.7. The fraction of sp³-hybridized carbons (Fsp3) is 0.163. The van der Waals surface area contributed by atoms with E-state index in [9.17, 15) is 8.78 Å². The van der Waals surface area contributed by atoms with Gasteiger partial charge in [-0.3, -0.25) is 0 Å². The molecule has 59 heavy (non-hydrogen) atoms. The van der Waals surface area contributed by atoms with Gasteiger partial charge in [0.05, 0.1) is 11.4 Å². The molecule has 8 aromatic rings. The summed E-state index contributed by atoms with van der Waals surface area (Å²) in [7, 11) is 0. The molecule has 0 radical (unpaired) electrons. The van der Waals surface area contributed by atoms with E-state index in [1.807, 2.05) is 74.5 Å². The topological polar surface area (TPSA) is 150 Å². The molecule has 4 aromatic heterocycles. The molecule has 0 atom stereocenters. The molecule has 298 valence electrons. The second-order valence-corrected chi connectivity index (χ2v) is 12.5. The molecule has 16 heteroatoms. The van der Waals surface area contributed by atoms with Crippen LogP contribution < -0.4 is 9.47 Å². The molecule has 0 amide bonds. The van der Waals surface area contributed by atoms with Crippen LogP contribution in [-0.4, -0.2) is 63.1 Å². The monoisotopic (exact) mass is 796 g/mol. The molecule has 0 bridgehead atoms. The first-order chi connectivity index (χ1) is 29.0. The van der Waals surface area contributed by atoms with Gasteiger partial charge in [-0.05, 0) is 92.2 Å². The highest BCUT2D eigenvalue weighted by Gasteiger charge is 2.21. The maximum absolute atomic E-state index is 13.4. The second-order valence-electron chi connectivity index (χ2n) is 12.5. The van der Waals surface area contributed by atoms with E-state index in [4.69, 9.17) is 18.9 Å². The van der Waals surface area contributed by atoms with Crippen LogP contribution in [0.5, 0.6) is 17.8 Å². The molecule has 0 aliphatic carbocycles. The van der Waals surface area contributed by atoms with Crippen LogP contribution in [0.3, 0.4) is 0 Å². The first-order valence-corrected chi connectivity index (χ1v) is 18.6. The van der Waals surface area contributed by atoms with Crippen LogP contribution in [0.25, 0.3) is 45.3 Å². The Morgan fingerprint density at radius 1 is 0.542 bits per heavy atom. The lowest BCUT2D eigenvalue weighted by molar-refractivity contribution is 0.0789. The average Bonchev–Trinajstić information content (AvgIpc) is 3.91. The lowest BCUT2D eigenvalue weighted by atomic mass is 10.1. The summed E-state index contributed by atoms with van der Waals surface area (Å²) in [4.78, 5) is 17.5. The Morgan fingerprint density at radius 2 is 1.02 bits per heavy atom. The van der Waals surface area contributed by atoms with Gasteiger partial charge in [0.25, 0.3) is 0 Å².